The molecule has 7 heteroatoms. The van der Waals surface area contributed by atoms with Crippen LogP contribution in [0.1, 0.15) is 10.5 Å². The number of nitrogens with two attached hydrogens (primary N) is 1. The molecule has 4 N–H and O–H groups in total. The molecule has 0 bridgehead atoms. The number of pyridine rings is 1. The third-order valence-corrected chi connectivity index (χ3v) is 3.14. The van der Waals surface area contributed by atoms with Crippen molar-refractivity contribution in [2.45, 2.75) is 0 Å². The maximum atomic E-state index is 10.9. The number of halogens is 2. The van der Waals surface area contributed by atoms with Crippen LogP contribution in [0.3, 0.4) is 0 Å². The zero-order valence-electron chi connectivity index (χ0n) is 9.52. The Morgan fingerprint density at radius 2 is 2.11 bits per heavy atom. The number of carboxylic acids is 1. The standard InChI is InChI=1S/C12H9BrClN3O2/c13-6-1-3-9(7(14)5-6)16-11-8(15)2-4-10(17-11)12(18)19/h1-5H,15H2,(H,16,17)(H,18,19). The highest BCUT2D eigenvalue weighted by atomic mass is 79.9. The van der Waals surface area contributed by atoms with Gasteiger partial charge in [-0.05, 0) is 30.3 Å². The molecule has 2 rings (SSSR count). The molecule has 0 radical (unpaired) electrons. The summed E-state index contributed by atoms with van der Waals surface area (Å²) in [7, 11) is 0. The van der Waals surface area contributed by atoms with E-state index >= 15 is 0 Å². The largest absolute Gasteiger partial charge is 0.477 e. The first kappa shape index (κ1) is 13.6. The number of hydrogen-bond donors (Lipinski definition) is 3. The van der Waals surface area contributed by atoms with Gasteiger partial charge in [-0.2, -0.15) is 0 Å². The molecule has 0 saturated carbocycles. The molecule has 0 amide bonds. The lowest BCUT2D eigenvalue weighted by Crippen LogP contribution is -2.06. The number of rotatable bonds is 3. The van der Waals surface area contributed by atoms with Crippen molar-refractivity contribution < 1.29 is 9.90 Å². The molecule has 0 fully saturated rings. The maximum Gasteiger partial charge on any atom is 0.354 e. The molecular formula is C12H9BrClN3O2. The highest BCUT2D eigenvalue weighted by Crippen LogP contribution is 2.29. The summed E-state index contributed by atoms with van der Waals surface area (Å²) in [5.74, 6) is -0.867. The Hall–Kier alpha value is -1.79. The number of nitrogen functional groups attached to an aromatic ring is 1. The van der Waals surface area contributed by atoms with Crippen LogP contribution < -0.4 is 11.1 Å². The van der Waals surface area contributed by atoms with Gasteiger partial charge in [-0.15, -0.1) is 0 Å². The van der Waals surface area contributed by atoms with Crippen molar-refractivity contribution in [2.24, 2.45) is 0 Å². The van der Waals surface area contributed by atoms with Crippen molar-refractivity contribution in [3.8, 4) is 0 Å². The molecule has 5 nitrogen and oxygen atoms in total. The number of carbonyl (C=O) groups is 1. The van der Waals surface area contributed by atoms with Gasteiger partial charge in [-0.1, -0.05) is 27.5 Å². The average Bonchev–Trinajstić information content (AvgIpc) is 2.34. The van der Waals surface area contributed by atoms with E-state index in [0.717, 1.165) is 4.47 Å². The van der Waals surface area contributed by atoms with E-state index in [4.69, 9.17) is 22.4 Å². The van der Waals surface area contributed by atoms with E-state index in [1.54, 1.807) is 18.2 Å². The zero-order valence-corrected chi connectivity index (χ0v) is 11.9. The number of anilines is 3. The van der Waals surface area contributed by atoms with Crippen molar-refractivity contribution in [1.82, 2.24) is 4.98 Å². The maximum absolute atomic E-state index is 10.9. The predicted molar refractivity (Wildman–Crippen MR) is 78.0 cm³/mol. The second-order valence-corrected chi connectivity index (χ2v) is 5.01. The monoisotopic (exact) mass is 341 g/mol. The third-order valence-electron chi connectivity index (χ3n) is 2.33. The summed E-state index contributed by atoms with van der Waals surface area (Å²) < 4.78 is 0.836. The van der Waals surface area contributed by atoms with E-state index in [0.29, 0.717) is 16.4 Å². The minimum atomic E-state index is -1.12. The molecular weight excluding hydrogens is 334 g/mol. The van der Waals surface area contributed by atoms with Gasteiger partial charge in [0.05, 0.1) is 16.4 Å². The Labute approximate surface area is 122 Å². The van der Waals surface area contributed by atoms with Crippen molar-refractivity contribution >= 4 is 50.7 Å². The number of aromatic carboxylic acids is 1. The molecule has 0 spiro atoms. The van der Waals surface area contributed by atoms with Crippen LogP contribution in [-0.2, 0) is 0 Å². The highest BCUT2D eigenvalue weighted by molar-refractivity contribution is 9.10. The molecule has 98 valence electrons. The second-order valence-electron chi connectivity index (χ2n) is 3.69. The molecule has 0 saturated heterocycles. The van der Waals surface area contributed by atoms with Gasteiger partial charge >= 0.3 is 5.97 Å². The fourth-order valence-electron chi connectivity index (χ4n) is 1.41. The molecule has 0 aliphatic carbocycles. The Bertz CT molecular complexity index is 649. The first-order chi connectivity index (χ1) is 8.97. The first-order valence-electron chi connectivity index (χ1n) is 5.19. The van der Waals surface area contributed by atoms with Crippen LogP contribution >= 0.6 is 27.5 Å². The van der Waals surface area contributed by atoms with Gasteiger partial charge in [0, 0.05) is 4.47 Å². The van der Waals surface area contributed by atoms with Crippen LogP contribution in [0.25, 0.3) is 0 Å². The molecule has 0 aliphatic heterocycles. The number of nitrogens with one attached hydrogen (secondary N) is 1. The van der Waals surface area contributed by atoms with Gasteiger partial charge < -0.3 is 16.2 Å². The lowest BCUT2D eigenvalue weighted by Gasteiger charge is -2.10. The number of hydrogen-bond acceptors (Lipinski definition) is 4. The van der Waals surface area contributed by atoms with E-state index in [-0.39, 0.29) is 11.5 Å². The average molecular weight is 343 g/mol. The van der Waals surface area contributed by atoms with Crippen LogP contribution in [0.15, 0.2) is 34.8 Å². The van der Waals surface area contributed by atoms with E-state index in [1.165, 1.54) is 12.1 Å². The van der Waals surface area contributed by atoms with Crippen LogP contribution in [0, 0.1) is 0 Å². The highest BCUT2D eigenvalue weighted by Gasteiger charge is 2.10. The van der Waals surface area contributed by atoms with Gasteiger partial charge in [0.1, 0.15) is 0 Å². The number of nitrogens with zero attached hydrogens (tertiary/aromatic N) is 1. The van der Waals surface area contributed by atoms with Gasteiger partial charge in [0.25, 0.3) is 0 Å². The molecule has 1 aromatic carbocycles. The fraction of sp³-hybridized carbons (Fsp3) is 0. The normalized spacial score (nSPS) is 10.2. The fourth-order valence-corrected chi connectivity index (χ4v) is 2.13. The van der Waals surface area contributed by atoms with Crippen LogP contribution in [0.5, 0.6) is 0 Å². The van der Waals surface area contributed by atoms with Crippen molar-refractivity contribution in [3.05, 3.63) is 45.5 Å². The third kappa shape index (κ3) is 3.15. The number of aromatic nitrogens is 1. The van der Waals surface area contributed by atoms with Crippen LogP contribution in [0.2, 0.25) is 5.02 Å². The molecule has 1 heterocycles. The van der Waals surface area contributed by atoms with Crippen LogP contribution in [0.4, 0.5) is 17.2 Å². The lowest BCUT2D eigenvalue weighted by atomic mass is 10.3. The second kappa shape index (κ2) is 5.46. The smallest absolute Gasteiger partial charge is 0.354 e. The summed E-state index contributed by atoms with van der Waals surface area (Å²) in [6.45, 7) is 0. The van der Waals surface area contributed by atoms with E-state index in [1.807, 2.05) is 0 Å². The molecule has 0 atom stereocenters. The predicted octanol–water partition coefficient (Wildman–Crippen LogP) is 3.52. The molecule has 1 aromatic heterocycles. The summed E-state index contributed by atoms with van der Waals surface area (Å²) in [5.41, 5.74) is 6.58. The minimum Gasteiger partial charge on any atom is -0.477 e. The zero-order chi connectivity index (χ0) is 14.0. The molecule has 19 heavy (non-hydrogen) atoms. The Balaban J connectivity index is 2.37. The first-order valence-corrected chi connectivity index (χ1v) is 6.36. The van der Waals surface area contributed by atoms with Gasteiger partial charge in [-0.3, -0.25) is 0 Å². The Kier molecular flexibility index (Phi) is 3.92. The summed E-state index contributed by atoms with van der Waals surface area (Å²) in [5, 5.41) is 12.3. The van der Waals surface area contributed by atoms with E-state index in [2.05, 4.69) is 26.2 Å². The molecule has 2 aromatic rings. The van der Waals surface area contributed by atoms with Gasteiger partial charge in [0.15, 0.2) is 11.5 Å². The molecule has 0 unspecified atom stereocenters. The van der Waals surface area contributed by atoms with Crippen molar-refractivity contribution in [3.63, 3.8) is 0 Å². The quantitative estimate of drug-likeness (QED) is 0.794. The summed E-state index contributed by atoms with van der Waals surface area (Å²) in [6.07, 6.45) is 0. The Morgan fingerprint density at radius 3 is 2.74 bits per heavy atom. The lowest BCUT2D eigenvalue weighted by molar-refractivity contribution is 0.0690. The summed E-state index contributed by atoms with van der Waals surface area (Å²) in [4.78, 5) is 14.8. The summed E-state index contributed by atoms with van der Waals surface area (Å²) >= 11 is 9.35. The minimum absolute atomic E-state index is 0.0927. The van der Waals surface area contributed by atoms with Crippen molar-refractivity contribution in [2.75, 3.05) is 11.1 Å². The van der Waals surface area contributed by atoms with E-state index < -0.39 is 5.97 Å². The number of carboxylic acid groups (broad SMARTS) is 1. The Morgan fingerprint density at radius 1 is 1.37 bits per heavy atom. The van der Waals surface area contributed by atoms with E-state index in [9.17, 15) is 4.79 Å². The molecule has 0 aliphatic rings. The SMILES string of the molecule is Nc1ccc(C(=O)O)nc1Nc1ccc(Br)cc1Cl. The van der Waals surface area contributed by atoms with Crippen LogP contribution in [-0.4, -0.2) is 16.1 Å². The van der Waals surface area contributed by atoms with Gasteiger partial charge in [-0.25, -0.2) is 9.78 Å². The number of benzene rings is 1. The summed E-state index contributed by atoms with van der Waals surface area (Å²) in [6, 6.07) is 8.06. The van der Waals surface area contributed by atoms with Gasteiger partial charge in [0.2, 0.25) is 0 Å². The van der Waals surface area contributed by atoms with Crippen molar-refractivity contribution in [1.29, 1.82) is 0 Å². The topological polar surface area (TPSA) is 88.2 Å².